The van der Waals surface area contributed by atoms with Crippen molar-refractivity contribution in [1.29, 1.82) is 0 Å². The fraction of sp³-hybridized carbons (Fsp3) is 0.600. The van der Waals surface area contributed by atoms with Gasteiger partial charge in [-0.05, 0) is 38.8 Å². The van der Waals surface area contributed by atoms with Crippen LogP contribution in [0.2, 0.25) is 0 Å². The molecule has 2 N–H and O–H groups in total. The van der Waals surface area contributed by atoms with Gasteiger partial charge >= 0.3 is 0 Å². The van der Waals surface area contributed by atoms with Crippen LogP contribution in [0.1, 0.15) is 50.2 Å². The Morgan fingerprint density at radius 2 is 2.05 bits per heavy atom. The van der Waals surface area contributed by atoms with E-state index in [0.29, 0.717) is 0 Å². The lowest BCUT2D eigenvalue weighted by atomic mass is 10.1. The molecule has 0 saturated heterocycles. The molecule has 1 aliphatic rings. The van der Waals surface area contributed by atoms with Gasteiger partial charge in [-0.3, -0.25) is 9.59 Å². The molecule has 0 spiro atoms. The van der Waals surface area contributed by atoms with Crippen LogP contribution in [-0.4, -0.2) is 18.4 Å². The van der Waals surface area contributed by atoms with Crippen LogP contribution in [0.25, 0.3) is 0 Å². The SMILES string of the molecule is Cc1ccc([C@H](C)NC(=O)CNC(=O)C2CCCC2)o1. The fourth-order valence-corrected chi connectivity index (χ4v) is 2.55. The van der Waals surface area contributed by atoms with Crippen molar-refractivity contribution in [3.05, 3.63) is 23.7 Å². The maximum Gasteiger partial charge on any atom is 0.239 e. The summed E-state index contributed by atoms with van der Waals surface area (Å²) in [4.78, 5) is 23.6. The zero-order valence-electron chi connectivity index (χ0n) is 12.1. The first-order valence-electron chi connectivity index (χ1n) is 7.19. The lowest BCUT2D eigenvalue weighted by Crippen LogP contribution is -2.39. The topological polar surface area (TPSA) is 71.3 Å². The number of hydrogen-bond donors (Lipinski definition) is 2. The summed E-state index contributed by atoms with van der Waals surface area (Å²) < 4.78 is 5.45. The molecule has 20 heavy (non-hydrogen) atoms. The number of amides is 2. The number of hydrogen-bond acceptors (Lipinski definition) is 3. The van der Waals surface area contributed by atoms with Crippen molar-refractivity contribution in [3.63, 3.8) is 0 Å². The van der Waals surface area contributed by atoms with Gasteiger partial charge in [0.2, 0.25) is 11.8 Å². The standard InChI is InChI=1S/C15H22N2O3/c1-10-7-8-13(20-10)11(2)17-14(18)9-16-15(19)12-5-3-4-6-12/h7-8,11-12H,3-6,9H2,1-2H3,(H,16,19)(H,17,18)/t11-/m0/s1. The quantitative estimate of drug-likeness (QED) is 0.866. The summed E-state index contributed by atoms with van der Waals surface area (Å²) in [6.45, 7) is 3.74. The molecule has 0 aliphatic heterocycles. The molecule has 1 aromatic rings. The molecule has 2 amide bonds. The van der Waals surface area contributed by atoms with E-state index in [9.17, 15) is 9.59 Å². The first-order valence-corrected chi connectivity index (χ1v) is 7.19. The highest BCUT2D eigenvalue weighted by molar-refractivity contribution is 5.86. The summed E-state index contributed by atoms with van der Waals surface area (Å²) in [5.74, 6) is 1.43. The first kappa shape index (κ1) is 14.6. The molecule has 1 atom stereocenters. The Kier molecular flexibility index (Phi) is 4.82. The van der Waals surface area contributed by atoms with Gasteiger partial charge < -0.3 is 15.1 Å². The number of aryl methyl sites for hydroxylation is 1. The largest absolute Gasteiger partial charge is 0.464 e. The van der Waals surface area contributed by atoms with Crippen molar-refractivity contribution < 1.29 is 14.0 Å². The first-order chi connectivity index (χ1) is 9.56. The molecule has 110 valence electrons. The summed E-state index contributed by atoms with van der Waals surface area (Å²) in [7, 11) is 0. The molecule has 5 heteroatoms. The zero-order valence-corrected chi connectivity index (χ0v) is 12.1. The maximum atomic E-state index is 11.8. The summed E-state index contributed by atoms with van der Waals surface area (Å²) >= 11 is 0. The molecule has 0 unspecified atom stereocenters. The Labute approximate surface area is 119 Å². The van der Waals surface area contributed by atoms with E-state index in [1.54, 1.807) is 0 Å². The van der Waals surface area contributed by atoms with Crippen molar-refractivity contribution in [3.8, 4) is 0 Å². The molecular formula is C15H22N2O3. The minimum absolute atomic E-state index is 0.000791. The molecule has 1 fully saturated rings. The Balaban J connectivity index is 1.73. The van der Waals surface area contributed by atoms with E-state index in [4.69, 9.17) is 4.42 Å². The van der Waals surface area contributed by atoms with Crippen molar-refractivity contribution >= 4 is 11.8 Å². The third kappa shape index (κ3) is 3.85. The van der Waals surface area contributed by atoms with E-state index in [2.05, 4.69) is 10.6 Å². The highest BCUT2D eigenvalue weighted by Crippen LogP contribution is 2.24. The van der Waals surface area contributed by atoms with Crippen LogP contribution in [0.4, 0.5) is 0 Å². The van der Waals surface area contributed by atoms with Crippen LogP contribution in [0, 0.1) is 12.8 Å². The molecule has 1 aliphatic carbocycles. The maximum absolute atomic E-state index is 11.8. The van der Waals surface area contributed by atoms with Crippen molar-refractivity contribution in [2.75, 3.05) is 6.54 Å². The fourth-order valence-electron chi connectivity index (χ4n) is 2.55. The van der Waals surface area contributed by atoms with Gasteiger partial charge in [-0.25, -0.2) is 0 Å². The second kappa shape index (κ2) is 6.59. The molecule has 1 aromatic heterocycles. The van der Waals surface area contributed by atoms with Crippen molar-refractivity contribution in [2.45, 2.75) is 45.6 Å². The monoisotopic (exact) mass is 278 g/mol. The molecule has 5 nitrogen and oxygen atoms in total. The van der Waals surface area contributed by atoms with Gasteiger partial charge in [0.1, 0.15) is 11.5 Å². The minimum Gasteiger partial charge on any atom is -0.464 e. The number of carbonyl (C=O) groups excluding carboxylic acids is 2. The van der Waals surface area contributed by atoms with E-state index in [1.165, 1.54) is 0 Å². The van der Waals surface area contributed by atoms with Gasteiger partial charge in [0.05, 0.1) is 12.6 Å². The van der Waals surface area contributed by atoms with Crippen LogP contribution in [0.15, 0.2) is 16.5 Å². The summed E-state index contributed by atoms with van der Waals surface area (Å²) in [5, 5.41) is 5.51. The van der Waals surface area contributed by atoms with Crippen molar-refractivity contribution in [1.82, 2.24) is 10.6 Å². The average molecular weight is 278 g/mol. The number of nitrogens with one attached hydrogen (secondary N) is 2. The minimum atomic E-state index is -0.196. The second-order valence-corrected chi connectivity index (χ2v) is 5.44. The summed E-state index contributed by atoms with van der Waals surface area (Å²) in [5.41, 5.74) is 0. The Hall–Kier alpha value is -1.78. The predicted octanol–water partition coefficient (Wildman–Crippen LogP) is 2.07. The second-order valence-electron chi connectivity index (χ2n) is 5.44. The summed E-state index contributed by atoms with van der Waals surface area (Å²) in [6.07, 6.45) is 4.10. The average Bonchev–Trinajstić information content (AvgIpc) is 3.06. The van der Waals surface area contributed by atoms with Crippen LogP contribution >= 0.6 is 0 Å². The van der Waals surface area contributed by atoms with Gasteiger partial charge in [-0.15, -0.1) is 0 Å². The summed E-state index contributed by atoms with van der Waals surface area (Å²) in [6, 6.07) is 3.51. The van der Waals surface area contributed by atoms with Gasteiger partial charge in [0.15, 0.2) is 0 Å². The number of carbonyl (C=O) groups is 2. The molecular weight excluding hydrogens is 256 g/mol. The van der Waals surface area contributed by atoms with Gasteiger partial charge in [0, 0.05) is 5.92 Å². The third-order valence-electron chi connectivity index (χ3n) is 3.71. The third-order valence-corrected chi connectivity index (χ3v) is 3.71. The van der Waals surface area contributed by atoms with Crippen molar-refractivity contribution in [2.24, 2.45) is 5.92 Å². The Morgan fingerprint density at radius 1 is 1.35 bits per heavy atom. The van der Waals surface area contributed by atoms with Crippen LogP contribution in [0.3, 0.4) is 0 Å². The molecule has 0 aromatic carbocycles. The van der Waals surface area contributed by atoms with E-state index in [0.717, 1.165) is 37.2 Å². The molecule has 1 saturated carbocycles. The van der Waals surface area contributed by atoms with Gasteiger partial charge in [0.25, 0.3) is 0 Å². The number of rotatable bonds is 5. The van der Waals surface area contributed by atoms with Gasteiger partial charge in [-0.2, -0.15) is 0 Å². The van der Waals surface area contributed by atoms with E-state index < -0.39 is 0 Å². The molecule has 1 heterocycles. The van der Waals surface area contributed by atoms with E-state index >= 15 is 0 Å². The van der Waals surface area contributed by atoms with E-state index in [-0.39, 0.29) is 30.3 Å². The lowest BCUT2D eigenvalue weighted by Gasteiger charge is -2.13. The predicted molar refractivity (Wildman–Crippen MR) is 75.0 cm³/mol. The van der Waals surface area contributed by atoms with E-state index in [1.807, 2.05) is 26.0 Å². The van der Waals surface area contributed by atoms with Crippen LogP contribution in [-0.2, 0) is 9.59 Å². The number of furan rings is 1. The smallest absolute Gasteiger partial charge is 0.239 e. The molecule has 2 rings (SSSR count). The van der Waals surface area contributed by atoms with Crippen LogP contribution < -0.4 is 10.6 Å². The van der Waals surface area contributed by atoms with Gasteiger partial charge in [-0.1, -0.05) is 12.8 Å². The zero-order chi connectivity index (χ0) is 14.5. The highest BCUT2D eigenvalue weighted by atomic mass is 16.3. The van der Waals surface area contributed by atoms with Crippen LogP contribution in [0.5, 0.6) is 0 Å². The lowest BCUT2D eigenvalue weighted by molar-refractivity contribution is -0.128. The Morgan fingerprint density at radius 3 is 2.65 bits per heavy atom. The normalized spacial score (nSPS) is 16.9. The molecule has 0 bridgehead atoms. The molecule has 0 radical (unpaired) electrons. The highest BCUT2D eigenvalue weighted by Gasteiger charge is 2.23. The Bertz CT molecular complexity index is 475.